The Balaban J connectivity index is 0.000000448. The van der Waals surface area contributed by atoms with Crippen molar-refractivity contribution in [1.82, 2.24) is 15.0 Å². The zero-order chi connectivity index (χ0) is 28.0. The molecule has 2 aromatic carbocycles. The Labute approximate surface area is 222 Å². The number of furan rings is 1. The minimum atomic E-state index is -5.08. The molecule has 0 aliphatic carbocycles. The highest BCUT2D eigenvalue weighted by molar-refractivity contribution is 5.86. The van der Waals surface area contributed by atoms with E-state index >= 15 is 0 Å². The molecule has 2 N–H and O–H groups in total. The van der Waals surface area contributed by atoms with Gasteiger partial charge in [0.05, 0.1) is 6.26 Å². The van der Waals surface area contributed by atoms with E-state index in [4.69, 9.17) is 24.3 Å². The summed E-state index contributed by atoms with van der Waals surface area (Å²) in [4.78, 5) is 22.7. The van der Waals surface area contributed by atoms with E-state index in [1.54, 1.807) is 12.5 Å². The number of aromatic nitrogens is 3. The maximum absolute atomic E-state index is 10.6. The third-order valence-corrected chi connectivity index (χ3v) is 5.78. The second kappa shape index (κ2) is 11.8. The van der Waals surface area contributed by atoms with Crippen molar-refractivity contribution in [3.63, 3.8) is 0 Å². The summed E-state index contributed by atoms with van der Waals surface area (Å²) in [7, 11) is 0. The standard InChI is InChI=1S/C27H24N4O.C2HF3O2/c1-18(2)22-7-3-4-8-23(22)26-30-24-13-15-32-25(24)27(31-26)29-16-19-9-11-20(12-10-19)21-6-5-14-28-17-21;3-2(4,5)1(6)7/h3-15,17-18H,16H2,1-2H3,(H,29,30,31);(H,6,7). The van der Waals surface area contributed by atoms with Crippen LogP contribution in [0.15, 0.2) is 89.8 Å². The van der Waals surface area contributed by atoms with Crippen molar-refractivity contribution in [2.75, 3.05) is 5.32 Å². The average Bonchev–Trinajstić information content (AvgIpc) is 3.41. The molecule has 39 heavy (non-hydrogen) atoms. The SMILES string of the molecule is CC(C)c1ccccc1-c1nc(NCc2ccc(-c3cccnc3)cc2)c2occc2n1.O=C(O)C(F)(F)F. The summed E-state index contributed by atoms with van der Waals surface area (Å²) in [6.45, 7) is 5.00. The summed E-state index contributed by atoms with van der Waals surface area (Å²) in [6.07, 6.45) is 0.233. The number of pyridine rings is 1. The van der Waals surface area contributed by atoms with Crippen molar-refractivity contribution < 1.29 is 27.5 Å². The van der Waals surface area contributed by atoms with E-state index in [1.807, 2.05) is 24.4 Å². The zero-order valence-electron chi connectivity index (χ0n) is 21.1. The molecule has 3 heterocycles. The Morgan fingerprint density at radius 2 is 1.69 bits per heavy atom. The first-order valence-electron chi connectivity index (χ1n) is 12.0. The highest BCUT2D eigenvalue weighted by Crippen LogP contribution is 2.31. The molecule has 0 bridgehead atoms. The van der Waals surface area contributed by atoms with E-state index in [-0.39, 0.29) is 0 Å². The van der Waals surface area contributed by atoms with Crippen LogP contribution >= 0.6 is 0 Å². The first-order chi connectivity index (χ1) is 18.6. The minimum Gasteiger partial charge on any atom is -0.475 e. The van der Waals surface area contributed by atoms with Crippen molar-refractivity contribution in [3.8, 4) is 22.5 Å². The number of benzene rings is 2. The topological polar surface area (TPSA) is 101 Å². The highest BCUT2D eigenvalue weighted by Gasteiger charge is 2.38. The number of hydrogen-bond donors (Lipinski definition) is 2. The van der Waals surface area contributed by atoms with Gasteiger partial charge in [-0.1, -0.05) is 68.4 Å². The Bertz CT molecular complexity index is 1550. The van der Waals surface area contributed by atoms with Gasteiger partial charge in [-0.2, -0.15) is 13.2 Å². The molecule has 5 rings (SSSR count). The number of nitrogens with zero attached hydrogens (tertiary/aromatic N) is 3. The number of carboxylic acids is 1. The Morgan fingerprint density at radius 3 is 2.33 bits per heavy atom. The molecule has 0 saturated heterocycles. The number of aliphatic carboxylic acids is 1. The summed E-state index contributed by atoms with van der Waals surface area (Å²) in [5, 5.41) is 10.6. The van der Waals surface area contributed by atoms with Crippen LogP contribution in [0.2, 0.25) is 0 Å². The van der Waals surface area contributed by atoms with Gasteiger partial charge in [0.15, 0.2) is 17.2 Å². The monoisotopic (exact) mass is 534 g/mol. The van der Waals surface area contributed by atoms with Crippen LogP contribution in [0.5, 0.6) is 0 Å². The predicted octanol–water partition coefficient (Wildman–Crippen LogP) is 7.32. The first kappa shape index (κ1) is 27.3. The normalized spacial score (nSPS) is 11.2. The van der Waals surface area contributed by atoms with Crippen LogP contribution in [0.25, 0.3) is 33.6 Å². The van der Waals surface area contributed by atoms with Gasteiger partial charge in [0, 0.05) is 30.6 Å². The lowest BCUT2D eigenvalue weighted by Gasteiger charge is -2.13. The van der Waals surface area contributed by atoms with Gasteiger partial charge >= 0.3 is 12.1 Å². The molecule has 0 fully saturated rings. The summed E-state index contributed by atoms with van der Waals surface area (Å²) in [6, 6.07) is 22.7. The summed E-state index contributed by atoms with van der Waals surface area (Å²) in [5.74, 6) is -0.973. The van der Waals surface area contributed by atoms with Crippen molar-refractivity contribution >= 4 is 22.9 Å². The van der Waals surface area contributed by atoms with Gasteiger partial charge in [0.1, 0.15) is 5.52 Å². The molecule has 0 aliphatic rings. The molecule has 0 radical (unpaired) electrons. The zero-order valence-corrected chi connectivity index (χ0v) is 21.1. The van der Waals surface area contributed by atoms with Gasteiger partial charge < -0.3 is 14.8 Å². The van der Waals surface area contributed by atoms with Crippen LogP contribution in [0.3, 0.4) is 0 Å². The number of nitrogens with one attached hydrogen (secondary N) is 1. The quantitative estimate of drug-likeness (QED) is 0.235. The molecule has 0 unspecified atom stereocenters. The Hall–Kier alpha value is -4.73. The highest BCUT2D eigenvalue weighted by atomic mass is 19.4. The van der Waals surface area contributed by atoms with Crippen LogP contribution in [-0.4, -0.2) is 32.2 Å². The lowest BCUT2D eigenvalue weighted by Crippen LogP contribution is -2.21. The molecule has 0 atom stereocenters. The van der Waals surface area contributed by atoms with Crippen LogP contribution in [-0.2, 0) is 11.3 Å². The molecule has 0 amide bonds. The van der Waals surface area contributed by atoms with Gasteiger partial charge in [-0.15, -0.1) is 0 Å². The molecule has 3 aromatic heterocycles. The number of anilines is 1. The van der Waals surface area contributed by atoms with Crippen molar-refractivity contribution in [2.24, 2.45) is 0 Å². The predicted molar refractivity (Wildman–Crippen MR) is 142 cm³/mol. The molecule has 0 spiro atoms. The van der Waals surface area contributed by atoms with Crippen molar-refractivity contribution in [2.45, 2.75) is 32.5 Å². The maximum Gasteiger partial charge on any atom is 0.490 e. The van der Waals surface area contributed by atoms with Crippen LogP contribution < -0.4 is 5.32 Å². The average molecular weight is 535 g/mol. The summed E-state index contributed by atoms with van der Waals surface area (Å²) in [5.41, 5.74) is 7.14. The van der Waals surface area contributed by atoms with Crippen LogP contribution in [0.4, 0.5) is 19.0 Å². The number of carboxylic acid groups (broad SMARTS) is 1. The minimum absolute atomic E-state index is 0.379. The fraction of sp³-hybridized carbons (Fsp3) is 0.172. The second-order valence-electron chi connectivity index (χ2n) is 8.87. The van der Waals surface area contributed by atoms with E-state index in [2.05, 4.69) is 72.7 Å². The number of carbonyl (C=O) groups is 1. The molecule has 7 nitrogen and oxygen atoms in total. The van der Waals surface area contributed by atoms with E-state index < -0.39 is 12.1 Å². The third kappa shape index (κ3) is 6.78. The van der Waals surface area contributed by atoms with Crippen LogP contribution in [0, 0.1) is 0 Å². The van der Waals surface area contributed by atoms with Gasteiger partial charge in [-0.05, 0) is 34.2 Å². The summed E-state index contributed by atoms with van der Waals surface area (Å²) >= 11 is 0. The largest absolute Gasteiger partial charge is 0.490 e. The van der Waals surface area contributed by atoms with E-state index in [9.17, 15) is 13.2 Å². The summed E-state index contributed by atoms with van der Waals surface area (Å²) < 4.78 is 37.4. The smallest absolute Gasteiger partial charge is 0.475 e. The molecular formula is C29H25F3N4O3. The fourth-order valence-corrected chi connectivity index (χ4v) is 3.84. The third-order valence-electron chi connectivity index (χ3n) is 5.78. The maximum atomic E-state index is 10.6. The molecule has 10 heteroatoms. The second-order valence-corrected chi connectivity index (χ2v) is 8.87. The number of alkyl halides is 3. The van der Waals surface area contributed by atoms with E-state index in [0.717, 1.165) is 27.8 Å². The van der Waals surface area contributed by atoms with Gasteiger partial charge in [0.2, 0.25) is 0 Å². The number of hydrogen-bond acceptors (Lipinski definition) is 6. The molecule has 0 saturated carbocycles. The molecule has 5 aromatic rings. The number of halogens is 3. The van der Waals surface area contributed by atoms with Crippen molar-refractivity contribution in [3.05, 3.63) is 96.5 Å². The molecule has 0 aliphatic heterocycles. The van der Waals surface area contributed by atoms with E-state index in [1.165, 1.54) is 5.56 Å². The number of fused-ring (bicyclic) bond motifs is 1. The lowest BCUT2D eigenvalue weighted by molar-refractivity contribution is -0.192. The molecule has 200 valence electrons. The van der Waals surface area contributed by atoms with Gasteiger partial charge in [-0.25, -0.2) is 14.8 Å². The number of rotatable bonds is 6. The van der Waals surface area contributed by atoms with Crippen molar-refractivity contribution in [1.29, 1.82) is 0 Å². The lowest BCUT2D eigenvalue weighted by atomic mass is 9.97. The Kier molecular flexibility index (Phi) is 8.24. The van der Waals surface area contributed by atoms with Gasteiger partial charge in [0.25, 0.3) is 0 Å². The van der Waals surface area contributed by atoms with E-state index in [0.29, 0.717) is 29.7 Å². The first-order valence-corrected chi connectivity index (χ1v) is 12.0. The molecular weight excluding hydrogens is 509 g/mol. The fourth-order valence-electron chi connectivity index (χ4n) is 3.84. The van der Waals surface area contributed by atoms with Crippen LogP contribution in [0.1, 0.15) is 30.9 Å². The van der Waals surface area contributed by atoms with Gasteiger partial charge in [-0.3, -0.25) is 4.98 Å². The Morgan fingerprint density at radius 1 is 0.974 bits per heavy atom.